The van der Waals surface area contributed by atoms with Crippen molar-refractivity contribution in [2.24, 2.45) is 5.92 Å². The molecule has 0 spiro atoms. The normalized spacial score (nSPS) is 15.6. The van der Waals surface area contributed by atoms with Crippen LogP contribution in [0.15, 0.2) is 60.7 Å². The van der Waals surface area contributed by atoms with Crippen LogP contribution in [0.5, 0.6) is 0 Å². The van der Waals surface area contributed by atoms with Gasteiger partial charge in [-0.05, 0) is 48.6 Å². The molecule has 0 bridgehead atoms. The number of benzene rings is 2. The van der Waals surface area contributed by atoms with Crippen molar-refractivity contribution < 1.29 is 19.4 Å². The largest absolute Gasteiger partial charge is 0.466 e. The van der Waals surface area contributed by atoms with Crippen LogP contribution in [0, 0.1) is 5.92 Å². The molecule has 8 heteroatoms. The molecule has 3 aromatic rings. The van der Waals surface area contributed by atoms with E-state index in [0.29, 0.717) is 28.1 Å². The van der Waals surface area contributed by atoms with Crippen molar-refractivity contribution in [1.82, 2.24) is 9.88 Å². The number of esters is 1. The smallest absolute Gasteiger partial charge is 0.330 e. The van der Waals surface area contributed by atoms with Crippen molar-refractivity contribution in [2.45, 2.75) is 25.0 Å². The third-order valence-electron chi connectivity index (χ3n) is 5.39. The first kappa shape index (κ1) is 22.5. The van der Waals surface area contributed by atoms with Crippen LogP contribution in [0.1, 0.15) is 35.6 Å². The number of hydrogen-bond donors (Lipinski definition) is 1. The summed E-state index contributed by atoms with van der Waals surface area (Å²) >= 11 is 7.61. The van der Waals surface area contributed by atoms with Gasteiger partial charge in [-0.3, -0.25) is 4.79 Å². The van der Waals surface area contributed by atoms with Crippen LogP contribution in [-0.4, -0.2) is 40.5 Å². The summed E-state index contributed by atoms with van der Waals surface area (Å²) in [4.78, 5) is 31.2. The van der Waals surface area contributed by atoms with Crippen molar-refractivity contribution in [3.8, 4) is 0 Å². The maximum atomic E-state index is 13.2. The van der Waals surface area contributed by atoms with Crippen LogP contribution in [0.4, 0.5) is 0 Å². The predicted octanol–water partition coefficient (Wildman–Crippen LogP) is 4.69. The molecule has 6 nitrogen and oxygen atoms in total. The minimum atomic E-state index is -1.05. The number of hydrogen-bond acceptors (Lipinski definition) is 6. The highest BCUT2D eigenvalue weighted by atomic mass is 35.5. The van der Waals surface area contributed by atoms with Crippen LogP contribution < -0.4 is 0 Å². The van der Waals surface area contributed by atoms with E-state index in [1.807, 2.05) is 24.3 Å². The monoisotopic (exact) mass is 470 g/mol. The molecule has 4 rings (SSSR count). The molecule has 0 radical (unpaired) electrons. The van der Waals surface area contributed by atoms with E-state index in [-0.39, 0.29) is 5.91 Å². The highest BCUT2D eigenvalue weighted by molar-refractivity contribution is 7.18. The van der Waals surface area contributed by atoms with Crippen molar-refractivity contribution >= 4 is 45.0 Å². The van der Waals surface area contributed by atoms with Gasteiger partial charge in [-0.1, -0.05) is 35.9 Å². The molecule has 32 heavy (non-hydrogen) atoms. The van der Waals surface area contributed by atoms with E-state index in [9.17, 15) is 14.7 Å². The summed E-state index contributed by atoms with van der Waals surface area (Å²) in [6.45, 7) is 0.461. The van der Waals surface area contributed by atoms with Crippen molar-refractivity contribution in [3.63, 3.8) is 0 Å². The van der Waals surface area contributed by atoms with E-state index < -0.39 is 18.1 Å². The Hall–Kier alpha value is -2.74. The molecule has 166 valence electrons. The van der Waals surface area contributed by atoms with E-state index in [1.54, 1.807) is 29.2 Å². The molecule has 0 saturated heterocycles. The second-order valence-corrected chi connectivity index (χ2v) is 9.25. The Morgan fingerprint density at radius 1 is 1.25 bits per heavy atom. The van der Waals surface area contributed by atoms with Gasteiger partial charge in [0.1, 0.15) is 17.2 Å². The lowest BCUT2D eigenvalue weighted by molar-refractivity contribution is -0.136. The number of halogens is 1. The lowest BCUT2D eigenvalue weighted by Gasteiger charge is -2.33. The van der Waals surface area contributed by atoms with Crippen LogP contribution in [0.25, 0.3) is 10.2 Å². The maximum absolute atomic E-state index is 13.2. The standard InChI is InChI=1S/C24H23ClN2O4S/c1-31-21(29)12-11-20(28)27(14-15-9-10-15)22(23(30)16-5-4-6-17(25)13-16)24-26-18-7-2-3-8-19(18)32-24/h2-8,11-13,15,22-23,30H,9-10,14H2,1H3/b12-11+/t22-,23+/m0/s1. The van der Waals surface area contributed by atoms with Gasteiger partial charge in [-0.2, -0.15) is 0 Å². The van der Waals surface area contributed by atoms with Gasteiger partial charge in [0.15, 0.2) is 0 Å². The van der Waals surface area contributed by atoms with Gasteiger partial charge < -0.3 is 14.7 Å². The van der Waals surface area contributed by atoms with Crippen molar-refractivity contribution in [2.75, 3.05) is 13.7 Å². The maximum Gasteiger partial charge on any atom is 0.330 e. The Balaban J connectivity index is 1.78. The van der Waals surface area contributed by atoms with Crippen molar-refractivity contribution in [1.29, 1.82) is 0 Å². The number of carbonyl (C=O) groups is 2. The molecule has 2 aromatic carbocycles. The van der Waals surface area contributed by atoms with E-state index in [0.717, 1.165) is 29.1 Å². The van der Waals surface area contributed by atoms with Gasteiger partial charge in [0.2, 0.25) is 5.91 Å². The molecule has 2 atom stereocenters. The molecule has 1 aliphatic rings. The number of aliphatic hydroxyl groups excluding tert-OH is 1. The summed E-state index contributed by atoms with van der Waals surface area (Å²) in [7, 11) is 1.26. The topological polar surface area (TPSA) is 79.7 Å². The number of amides is 1. The number of aliphatic hydroxyl groups is 1. The molecule has 1 saturated carbocycles. The summed E-state index contributed by atoms with van der Waals surface area (Å²) in [5, 5.41) is 12.6. The Labute approximate surface area is 195 Å². The predicted molar refractivity (Wildman–Crippen MR) is 124 cm³/mol. The molecule has 0 aliphatic heterocycles. The molecular formula is C24H23ClN2O4S. The average molecular weight is 471 g/mol. The first-order chi connectivity index (χ1) is 15.5. The van der Waals surface area contributed by atoms with Gasteiger partial charge in [0.05, 0.1) is 17.3 Å². The van der Waals surface area contributed by atoms with Crippen LogP contribution in [0.2, 0.25) is 5.02 Å². The Kier molecular flexibility index (Phi) is 6.89. The summed E-state index contributed by atoms with van der Waals surface area (Å²) in [5.41, 5.74) is 1.40. The fourth-order valence-electron chi connectivity index (χ4n) is 3.55. The highest BCUT2D eigenvalue weighted by Gasteiger charge is 2.37. The van der Waals surface area contributed by atoms with E-state index in [2.05, 4.69) is 4.74 Å². The van der Waals surface area contributed by atoms with Gasteiger partial charge in [0, 0.05) is 23.7 Å². The third kappa shape index (κ3) is 5.18. The average Bonchev–Trinajstić information content (AvgIpc) is 3.52. The Morgan fingerprint density at radius 2 is 2.03 bits per heavy atom. The Morgan fingerprint density at radius 3 is 2.72 bits per heavy atom. The molecule has 1 aliphatic carbocycles. The van der Waals surface area contributed by atoms with Crippen molar-refractivity contribution in [3.05, 3.63) is 76.3 Å². The summed E-state index contributed by atoms with van der Waals surface area (Å²) < 4.78 is 5.59. The number of methoxy groups -OCH3 is 1. The van der Waals surface area contributed by atoms with E-state index in [4.69, 9.17) is 16.6 Å². The molecule has 1 amide bonds. The fraction of sp³-hybridized carbons (Fsp3) is 0.292. The number of para-hydroxylation sites is 1. The van der Waals surface area contributed by atoms with Gasteiger partial charge in [-0.25, -0.2) is 9.78 Å². The molecule has 1 aromatic heterocycles. The number of carbonyl (C=O) groups excluding carboxylic acids is 2. The van der Waals surface area contributed by atoms with Gasteiger partial charge in [-0.15, -0.1) is 11.3 Å². The molecule has 1 fully saturated rings. The molecular weight excluding hydrogens is 448 g/mol. The zero-order valence-electron chi connectivity index (χ0n) is 17.5. The first-order valence-corrected chi connectivity index (χ1v) is 11.5. The number of fused-ring (bicyclic) bond motifs is 1. The zero-order valence-corrected chi connectivity index (χ0v) is 19.1. The minimum Gasteiger partial charge on any atom is -0.466 e. The number of aromatic nitrogens is 1. The second-order valence-electron chi connectivity index (χ2n) is 7.75. The minimum absolute atomic E-state index is 0.355. The summed E-state index contributed by atoms with van der Waals surface area (Å²) in [6.07, 6.45) is 3.28. The highest BCUT2D eigenvalue weighted by Crippen LogP contribution is 2.41. The Bertz CT molecular complexity index is 1120. The second kappa shape index (κ2) is 9.81. The SMILES string of the molecule is COC(=O)/C=C/C(=O)N(CC1CC1)[C@H](c1nc2ccccc2s1)[C@H](O)c1cccc(Cl)c1. The molecule has 1 N–H and O–H groups in total. The lowest BCUT2D eigenvalue weighted by atomic mass is 10.0. The number of nitrogens with zero attached hydrogens (tertiary/aromatic N) is 2. The van der Waals surface area contributed by atoms with E-state index in [1.165, 1.54) is 24.5 Å². The summed E-state index contributed by atoms with van der Waals surface area (Å²) in [6, 6.07) is 13.9. The quantitative estimate of drug-likeness (QED) is 0.381. The van der Waals surface area contributed by atoms with Crippen LogP contribution in [-0.2, 0) is 14.3 Å². The van der Waals surface area contributed by atoms with Crippen LogP contribution >= 0.6 is 22.9 Å². The number of thiazole rings is 1. The van der Waals surface area contributed by atoms with E-state index >= 15 is 0 Å². The number of rotatable bonds is 8. The summed E-state index contributed by atoms with van der Waals surface area (Å²) in [5.74, 6) is -0.641. The lowest BCUT2D eigenvalue weighted by Crippen LogP contribution is -2.38. The number of ether oxygens (including phenoxy) is 1. The molecule has 1 heterocycles. The first-order valence-electron chi connectivity index (χ1n) is 10.3. The third-order valence-corrected chi connectivity index (χ3v) is 6.73. The van der Waals surface area contributed by atoms with Crippen LogP contribution in [0.3, 0.4) is 0 Å². The zero-order chi connectivity index (χ0) is 22.7. The van der Waals surface area contributed by atoms with Gasteiger partial charge >= 0.3 is 5.97 Å². The van der Waals surface area contributed by atoms with Gasteiger partial charge in [0.25, 0.3) is 0 Å². The molecule has 0 unspecified atom stereocenters. The fourth-order valence-corrected chi connectivity index (χ4v) is 4.86.